The zero-order valence-corrected chi connectivity index (χ0v) is 17.6. The number of nitrogens with zero attached hydrogens (tertiary/aromatic N) is 2. The average molecular weight is 444 g/mol. The number of halogens is 1. The molecular formula is C21H21FN4O6. The number of benzene rings is 2. The van der Waals surface area contributed by atoms with Crippen molar-refractivity contribution >= 4 is 40.2 Å². The van der Waals surface area contributed by atoms with E-state index in [1.165, 1.54) is 32.7 Å². The quantitative estimate of drug-likeness (QED) is 0.233. The number of hydrogen-bond donors (Lipinski definition) is 2. The molecule has 168 valence electrons. The van der Waals surface area contributed by atoms with Gasteiger partial charge >= 0.3 is 6.16 Å². The van der Waals surface area contributed by atoms with Crippen LogP contribution >= 0.6 is 0 Å². The maximum atomic E-state index is 14.6. The minimum atomic E-state index is -0.923. The second kappa shape index (κ2) is 10.5. The van der Waals surface area contributed by atoms with E-state index in [-0.39, 0.29) is 36.6 Å². The van der Waals surface area contributed by atoms with E-state index in [1.54, 1.807) is 25.1 Å². The second-order valence-corrected chi connectivity index (χ2v) is 6.54. The molecule has 0 spiro atoms. The molecule has 0 unspecified atom stereocenters. The number of ether oxygens (including phenoxy) is 4. The summed E-state index contributed by atoms with van der Waals surface area (Å²) in [5.41, 5.74) is 1.47. The minimum absolute atomic E-state index is 0.00313. The molecule has 0 saturated carbocycles. The number of aryl methyl sites for hydroxylation is 1. The molecule has 0 saturated heterocycles. The molecule has 3 aromatic rings. The fraction of sp³-hybridized carbons (Fsp3) is 0.238. The zero-order valence-electron chi connectivity index (χ0n) is 17.6. The Balaban J connectivity index is 1.88. The molecule has 0 fully saturated rings. The van der Waals surface area contributed by atoms with Gasteiger partial charge in [-0.3, -0.25) is 4.79 Å². The van der Waals surface area contributed by atoms with Crippen LogP contribution < -0.4 is 15.4 Å². The number of carbonyl (C=O) groups is 2. The molecule has 2 aromatic carbocycles. The highest BCUT2D eigenvalue weighted by molar-refractivity contribution is 5.97. The normalized spacial score (nSPS) is 10.6. The van der Waals surface area contributed by atoms with Crippen LogP contribution in [0.2, 0.25) is 0 Å². The lowest BCUT2D eigenvalue weighted by atomic mass is 10.1. The van der Waals surface area contributed by atoms with Gasteiger partial charge < -0.3 is 29.6 Å². The van der Waals surface area contributed by atoms with Crippen molar-refractivity contribution in [3.05, 3.63) is 48.0 Å². The molecule has 0 atom stereocenters. The van der Waals surface area contributed by atoms with Crippen molar-refractivity contribution in [1.29, 1.82) is 0 Å². The molecule has 1 aromatic heterocycles. The van der Waals surface area contributed by atoms with E-state index < -0.39 is 12.0 Å². The smallest absolute Gasteiger partial charge is 0.437 e. The Bertz CT molecular complexity index is 1140. The lowest BCUT2D eigenvalue weighted by Gasteiger charge is -2.13. The molecule has 10 nitrogen and oxygen atoms in total. The van der Waals surface area contributed by atoms with Gasteiger partial charge in [0.15, 0.2) is 0 Å². The summed E-state index contributed by atoms with van der Waals surface area (Å²) in [5, 5.41) is 6.10. The maximum absolute atomic E-state index is 14.6. The third-order valence-corrected chi connectivity index (χ3v) is 4.23. The highest BCUT2D eigenvalue weighted by Crippen LogP contribution is 2.31. The lowest BCUT2D eigenvalue weighted by molar-refractivity contribution is -0.125. The number of fused-ring (bicyclic) bond motifs is 1. The maximum Gasteiger partial charge on any atom is 0.513 e. The monoisotopic (exact) mass is 444 g/mol. The summed E-state index contributed by atoms with van der Waals surface area (Å²) in [6, 6.07) is 7.54. The Morgan fingerprint density at radius 3 is 2.69 bits per heavy atom. The van der Waals surface area contributed by atoms with E-state index in [4.69, 9.17) is 14.2 Å². The molecule has 0 aliphatic heterocycles. The number of amides is 1. The molecule has 32 heavy (non-hydrogen) atoms. The van der Waals surface area contributed by atoms with Crippen molar-refractivity contribution in [2.24, 2.45) is 0 Å². The third kappa shape index (κ3) is 5.65. The van der Waals surface area contributed by atoms with Crippen LogP contribution in [0.4, 0.5) is 26.4 Å². The predicted molar refractivity (Wildman–Crippen MR) is 113 cm³/mol. The third-order valence-electron chi connectivity index (χ3n) is 4.23. The van der Waals surface area contributed by atoms with Gasteiger partial charge in [-0.05, 0) is 36.8 Å². The zero-order chi connectivity index (χ0) is 23.1. The first kappa shape index (κ1) is 22.8. The highest BCUT2D eigenvalue weighted by Gasteiger charge is 2.14. The van der Waals surface area contributed by atoms with Gasteiger partial charge in [-0.1, -0.05) is 0 Å². The Kier molecular flexibility index (Phi) is 7.47. The van der Waals surface area contributed by atoms with E-state index in [2.05, 4.69) is 25.3 Å². The molecular weight excluding hydrogens is 423 g/mol. The number of methoxy groups -OCH3 is 2. The van der Waals surface area contributed by atoms with Gasteiger partial charge in [-0.25, -0.2) is 19.2 Å². The molecule has 0 aliphatic carbocycles. The van der Waals surface area contributed by atoms with Crippen LogP contribution in [0.15, 0.2) is 36.7 Å². The average Bonchev–Trinajstić information content (AvgIpc) is 2.77. The second-order valence-electron chi connectivity index (χ2n) is 6.54. The standard InChI is InChI=1S/C21H21FN4O6/c1-12-6-15(22)17(8-18(12)32-21(28)30-3)26-20-14-7-13(4-5-16(14)23-10-24-20)25-19(27)9-31-11-29-2/h4-8,10H,9,11H2,1-3H3,(H,25,27)(H,23,24,26). The van der Waals surface area contributed by atoms with Gasteiger partial charge in [-0.2, -0.15) is 0 Å². The summed E-state index contributed by atoms with van der Waals surface area (Å²) in [4.78, 5) is 31.8. The molecule has 11 heteroatoms. The predicted octanol–water partition coefficient (Wildman–Crippen LogP) is 3.53. The molecule has 2 N–H and O–H groups in total. The van der Waals surface area contributed by atoms with Crippen molar-refractivity contribution in [2.75, 3.05) is 38.3 Å². The van der Waals surface area contributed by atoms with Crippen LogP contribution in [0.25, 0.3) is 10.9 Å². The number of carbonyl (C=O) groups excluding carboxylic acids is 2. The van der Waals surface area contributed by atoms with Crippen molar-refractivity contribution < 1.29 is 32.9 Å². The summed E-state index contributed by atoms with van der Waals surface area (Å²) >= 11 is 0. The molecule has 0 radical (unpaired) electrons. The topological polar surface area (TPSA) is 121 Å². The summed E-state index contributed by atoms with van der Waals surface area (Å²) in [5.74, 6) is -0.537. The highest BCUT2D eigenvalue weighted by atomic mass is 19.1. The van der Waals surface area contributed by atoms with Crippen LogP contribution in [0.1, 0.15) is 5.56 Å². The molecule has 1 heterocycles. The summed E-state index contributed by atoms with van der Waals surface area (Å²) in [6.07, 6.45) is 0.396. The number of rotatable bonds is 8. The van der Waals surface area contributed by atoms with E-state index in [0.717, 1.165) is 0 Å². The van der Waals surface area contributed by atoms with Crippen LogP contribution in [0, 0.1) is 12.7 Å². The van der Waals surface area contributed by atoms with E-state index in [0.29, 0.717) is 22.2 Å². The number of nitrogens with one attached hydrogen (secondary N) is 2. The van der Waals surface area contributed by atoms with E-state index in [1.807, 2.05) is 0 Å². The van der Waals surface area contributed by atoms with Crippen LogP contribution in [-0.4, -0.2) is 49.6 Å². The van der Waals surface area contributed by atoms with Gasteiger partial charge in [0.25, 0.3) is 0 Å². The van der Waals surface area contributed by atoms with Gasteiger partial charge in [0.1, 0.15) is 37.1 Å². The van der Waals surface area contributed by atoms with Crippen molar-refractivity contribution in [2.45, 2.75) is 6.92 Å². The molecule has 3 rings (SSSR count). The van der Waals surface area contributed by atoms with Gasteiger partial charge in [0.2, 0.25) is 5.91 Å². The van der Waals surface area contributed by atoms with Crippen molar-refractivity contribution in [3.63, 3.8) is 0 Å². The first-order valence-corrected chi connectivity index (χ1v) is 9.35. The first-order chi connectivity index (χ1) is 15.4. The number of anilines is 3. The van der Waals surface area contributed by atoms with E-state index >= 15 is 0 Å². The van der Waals surface area contributed by atoms with Crippen LogP contribution in [0.3, 0.4) is 0 Å². The largest absolute Gasteiger partial charge is 0.513 e. The Labute approximate surface area is 182 Å². The van der Waals surface area contributed by atoms with Crippen molar-refractivity contribution in [3.8, 4) is 5.75 Å². The van der Waals surface area contributed by atoms with Gasteiger partial charge in [0.05, 0.1) is 18.3 Å². The van der Waals surface area contributed by atoms with Crippen LogP contribution in [-0.2, 0) is 19.0 Å². The minimum Gasteiger partial charge on any atom is -0.437 e. The fourth-order valence-electron chi connectivity index (χ4n) is 2.77. The van der Waals surface area contributed by atoms with Gasteiger partial charge in [-0.15, -0.1) is 0 Å². The summed E-state index contributed by atoms with van der Waals surface area (Å²) in [7, 11) is 2.63. The van der Waals surface area contributed by atoms with E-state index in [9.17, 15) is 14.0 Å². The lowest BCUT2D eigenvalue weighted by Crippen LogP contribution is -2.19. The Morgan fingerprint density at radius 1 is 1.12 bits per heavy atom. The summed E-state index contributed by atoms with van der Waals surface area (Å²) < 4.78 is 33.9. The Hall–Kier alpha value is -3.83. The van der Waals surface area contributed by atoms with Crippen molar-refractivity contribution in [1.82, 2.24) is 9.97 Å². The number of aromatic nitrogens is 2. The number of hydrogen-bond acceptors (Lipinski definition) is 9. The fourth-order valence-corrected chi connectivity index (χ4v) is 2.77. The molecule has 0 aliphatic rings. The SMILES string of the molecule is COCOCC(=O)Nc1ccc2ncnc(Nc3cc(OC(=O)OC)c(C)cc3F)c2c1. The Morgan fingerprint density at radius 2 is 1.94 bits per heavy atom. The van der Waals surface area contributed by atoms with Crippen LogP contribution in [0.5, 0.6) is 5.75 Å². The molecule has 0 bridgehead atoms. The summed E-state index contributed by atoms with van der Waals surface area (Å²) in [6.45, 7) is 1.41. The molecule has 1 amide bonds. The van der Waals surface area contributed by atoms with Gasteiger partial charge in [0, 0.05) is 24.2 Å². The first-order valence-electron chi connectivity index (χ1n) is 9.35.